The van der Waals surface area contributed by atoms with Crippen molar-refractivity contribution in [2.24, 2.45) is 0 Å². The lowest BCUT2D eigenvalue weighted by Crippen LogP contribution is -2.15. The summed E-state index contributed by atoms with van der Waals surface area (Å²) in [6.07, 6.45) is 0.126. The molecule has 0 bridgehead atoms. The summed E-state index contributed by atoms with van der Waals surface area (Å²) in [5.41, 5.74) is 2.10. The molecular weight excluding hydrogens is 400 g/mol. The van der Waals surface area contributed by atoms with Crippen molar-refractivity contribution in [3.05, 3.63) is 58.7 Å². The van der Waals surface area contributed by atoms with Crippen LogP contribution in [0.15, 0.2) is 57.5 Å². The first-order valence-electron chi connectivity index (χ1n) is 8.08. The van der Waals surface area contributed by atoms with Crippen molar-refractivity contribution in [2.45, 2.75) is 6.42 Å². The largest absolute Gasteiger partial charge is 0.486 e. The average Bonchev–Trinajstić information content (AvgIpc) is 3.09. The average molecular weight is 415 g/mol. The van der Waals surface area contributed by atoms with E-state index in [-0.39, 0.29) is 12.3 Å². The lowest BCUT2D eigenvalue weighted by Gasteiger charge is -2.18. The molecule has 132 valence electrons. The van der Waals surface area contributed by atoms with E-state index in [1.165, 1.54) is 0 Å². The van der Waals surface area contributed by atoms with Gasteiger partial charge in [-0.3, -0.25) is 4.79 Å². The molecule has 6 nitrogen and oxygen atoms in total. The van der Waals surface area contributed by atoms with Crippen LogP contribution in [0.2, 0.25) is 0 Å². The minimum absolute atomic E-state index is 0.126. The summed E-state index contributed by atoms with van der Waals surface area (Å²) in [7, 11) is 0. The molecule has 1 amide bonds. The maximum Gasteiger partial charge on any atom is 0.230 e. The van der Waals surface area contributed by atoms with Crippen LogP contribution in [0.5, 0.6) is 11.5 Å². The van der Waals surface area contributed by atoms with Crippen LogP contribution in [-0.2, 0) is 11.2 Å². The van der Waals surface area contributed by atoms with Gasteiger partial charge in [0.2, 0.25) is 5.91 Å². The van der Waals surface area contributed by atoms with Gasteiger partial charge in [0, 0.05) is 21.8 Å². The Morgan fingerprint density at radius 3 is 2.77 bits per heavy atom. The number of halogens is 1. The first-order chi connectivity index (χ1) is 12.7. The fraction of sp³-hybridized carbons (Fsp3) is 0.158. The van der Waals surface area contributed by atoms with Crippen molar-refractivity contribution in [3.63, 3.8) is 0 Å². The number of anilines is 1. The van der Waals surface area contributed by atoms with Gasteiger partial charge in [-0.25, -0.2) is 0 Å². The van der Waals surface area contributed by atoms with Crippen molar-refractivity contribution in [1.29, 1.82) is 0 Å². The minimum Gasteiger partial charge on any atom is -0.486 e. The number of carbonyl (C=O) groups excluding carboxylic acids is 1. The van der Waals surface area contributed by atoms with Gasteiger partial charge in [0.05, 0.1) is 12.1 Å². The molecule has 4 rings (SSSR count). The Bertz CT molecular complexity index is 954. The number of nitrogens with zero attached hydrogens (tertiary/aromatic N) is 1. The van der Waals surface area contributed by atoms with Crippen LogP contribution in [-0.4, -0.2) is 24.3 Å². The predicted molar refractivity (Wildman–Crippen MR) is 99.4 cm³/mol. The third-order valence-corrected chi connectivity index (χ3v) is 4.33. The highest BCUT2D eigenvalue weighted by molar-refractivity contribution is 9.10. The number of hydrogen-bond acceptors (Lipinski definition) is 5. The lowest BCUT2D eigenvalue weighted by molar-refractivity contribution is -0.115. The van der Waals surface area contributed by atoms with Crippen molar-refractivity contribution >= 4 is 27.5 Å². The summed E-state index contributed by atoms with van der Waals surface area (Å²) in [4.78, 5) is 12.2. The molecule has 0 spiro atoms. The van der Waals surface area contributed by atoms with E-state index in [2.05, 4.69) is 26.4 Å². The molecule has 26 heavy (non-hydrogen) atoms. The third-order valence-electron chi connectivity index (χ3n) is 3.84. The predicted octanol–water partition coefficient (Wildman–Crippen LogP) is 4.06. The van der Waals surface area contributed by atoms with E-state index in [1.54, 1.807) is 6.07 Å². The van der Waals surface area contributed by atoms with Gasteiger partial charge < -0.3 is 19.3 Å². The molecule has 0 atom stereocenters. The highest BCUT2D eigenvalue weighted by Gasteiger charge is 2.15. The Morgan fingerprint density at radius 1 is 1.08 bits per heavy atom. The van der Waals surface area contributed by atoms with E-state index in [0.29, 0.717) is 36.2 Å². The highest BCUT2D eigenvalue weighted by atomic mass is 79.9. The second kappa shape index (κ2) is 7.21. The molecular formula is C19H15BrN2O4. The van der Waals surface area contributed by atoms with E-state index in [9.17, 15) is 4.79 Å². The topological polar surface area (TPSA) is 73.6 Å². The number of hydrogen-bond donors (Lipinski definition) is 1. The Balaban J connectivity index is 1.45. The number of carbonyl (C=O) groups is 1. The minimum atomic E-state index is -0.162. The molecule has 1 aliphatic heterocycles. The number of fused-ring (bicyclic) bond motifs is 1. The van der Waals surface area contributed by atoms with E-state index < -0.39 is 0 Å². The van der Waals surface area contributed by atoms with E-state index in [1.807, 2.05) is 42.5 Å². The molecule has 1 N–H and O–H groups in total. The van der Waals surface area contributed by atoms with Crippen LogP contribution in [0.25, 0.3) is 11.3 Å². The van der Waals surface area contributed by atoms with Gasteiger partial charge >= 0.3 is 0 Å². The molecule has 3 aromatic rings. The maximum atomic E-state index is 12.2. The molecule has 0 radical (unpaired) electrons. The lowest BCUT2D eigenvalue weighted by atomic mass is 10.1. The van der Waals surface area contributed by atoms with Crippen molar-refractivity contribution in [2.75, 3.05) is 18.5 Å². The number of benzene rings is 2. The number of rotatable bonds is 4. The number of nitrogens with one attached hydrogen (secondary N) is 1. The van der Waals surface area contributed by atoms with Gasteiger partial charge in [0.1, 0.15) is 13.2 Å². The van der Waals surface area contributed by atoms with Crippen LogP contribution in [0.4, 0.5) is 5.69 Å². The molecule has 0 aliphatic carbocycles. The fourth-order valence-electron chi connectivity index (χ4n) is 2.66. The molecule has 2 aromatic carbocycles. The summed E-state index contributed by atoms with van der Waals surface area (Å²) >= 11 is 3.38. The van der Waals surface area contributed by atoms with Crippen LogP contribution in [0, 0.1) is 0 Å². The SMILES string of the molecule is O=C(Cc1cc(-c2ccc3c(c2)OCCO3)on1)Nc1cccc(Br)c1. The summed E-state index contributed by atoms with van der Waals surface area (Å²) < 4.78 is 17.4. The van der Waals surface area contributed by atoms with Gasteiger partial charge in [0.15, 0.2) is 17.3 Å². The molecule has 0 saturated heterocycles. The van der Waals surface area contributed by atoms with Gasteiger partial charge in [0.25, 0.3) is 0 Å². The fourth-order valence-corrected chi connectivity index (χ4v) is 3.06. The number of ether oxygens (including phenoxy) is 2. The zero-order chi connectivity index (χ0) is 17.9. The van der Waals surface area contributed by atoms with Crippen molar-refractivity contribution < 1.29 is 18.8 Å². The van der Waals surface area contributed by atoms with Crippen LogP contribution < -0.4 is 14.8 Å². The molecule has 0 fully saturated rings. The standard InChI is InChI=1S/C19H15BrN2O4/c20-13-2-1-3-14(9-13)21-19(23)11-15-10-17(26-22-15)12-4-5-16-18(8-12)25-7-6-24-16/h1-5,8-10H,6-7,11H2,(H,21,23). The normalized spacial score (nSPS) is 12.7. The monoisotopic (exact) mass is 414 g/mol. The molecule has 7 heteroatoms. The molecule has 1 aromatic heterocycles. The summed E-state index contributed by atoms with van der Waals surface area (Å²) in [6.45, 7) is 1.07. The third kappa shape index (κ3) is 3.72. The zero-order valence-corrected chi connectivity index (χ0v) is 15.3. The van der Waals surface area contributed by atoms with Gasteiger partial charge in [-0.05, 0) is 36.4 Å². The molecule has 0 saturated carbocycles. The van der Waals surface area contributed by atoms with Crippen molar-refractivity contribution in [1.82, 2.24) is 5.16 Å². The Kier molecular flexibility index (Phi) is 4.62. The first-order valence-corrected chi connectivity index (χ1v) is 8.88. The molecule has 0 unspecified atom stereocenters. The van der Waals surface area contributed by atoms with E-state index in [0.717, 1.165) is 15.7 Å². The summed E-state index contributed by atoms with van der Waals surface area (Å²) in [5.74, 6) is 1.81. The quantitative estimate of drug-likeness (QED) is 0.696. The van der Waals surface area contributed by atoms with Crippen LogP contribution in [0.1, 0.15) is 5.69 Å². The Labute approximate surface area is 158 Å². The molecule has 1 aliphatic rings. The first kappa shape index (κ1) is 16.7. The summed E-state index contributed by atoms with van der Waals surface area (Å²) in [6, 6.07) is 14.7. The Morgan fingerprint density at radius 2 is 1.92 bits per heavy atom. The number of amides is 1. The van der Waals surface area contributed by atoms with E-state index in [4.69, 9.17) is 14.0 Å². The summed E-state index contributed by atoms with van der Waals surface area (Å²) in [5, 5.41) is 6.82. The van der Waals surface area contributed by atoms with Crippen LogP contribution >= 0.6 is 15.9 Å². The smallest absolute Gasteiger partial charge is 0.230 e. The van der Waals surface area contributed by atoms with Gasteiger partial charge in [-0.1, -0.05) is 27.2 Å². The van der Waals surface area contributed by atoms with Crippen LogP contribution in [0.3, 0.4) is 0 Å². The second-order valence-corrected chi connectivity index (χ2v) is 6.69. The Hall–Kier alpha value is -2.80. The van der Waals surface area contributed by atoms with Crippen molar-refractivity contribution in [3.8, 4) is 22.8 Å². The van der Waals surface area contributed by atoms with Gasteiger partial charge in [-0.2, -0.15) is 0 Å². The highest BCUT2D eigenvalue weighted by Crippen LogP contribution is 2.34. The molecule has 2 heterocycles. The second-order valence-electron chi connectivity index (χ2n) is 5.78. The maximum absolute atomic E-state index is 12.2. The van der Waals surface area contributed by atoms with E-state index >= 15 is 0 Å². The zero-order valence-electron chi connectivity index (χ0n) is 13.7. The van der Waals surface area contributed by atoms with Gasteiger partial charge in [-0.15, -0.1) is 0 Å². The number of aromatic nitrogens is 1.